The molecule has 0 fully saturated rings. The number of carboxylic acids is 1. The van der Waals surface area contributed by atoms with Gasteiger partial charge < -0.3 is 14.7 Å². The van der Waals surface area contributed by atoms with Crippen LogP contribution in [-0.2, 0) is 14.3 Å². The van der Waals surface area contributed by atoms with Crippen molar-refractivity contribution in [2.45, 2.75) is 26.7 Å². The molecule has 0 aliphatic heterocycles. The monoisotopic (exact) mass is 481 g/mol. The average molecular weight is 482 g/mol. The topological polar surface area (TPSA) is 66.8 Å². The van der Waals surface area contributed by atoms with E-state index in [1.807, 2.05) is 14.1 Å². The van der Waals surface area contributed by atoms with E-state index < -0.39 is 13.9 Å². The second-order valence-corrected chi connectivity index (χ2v) is 9.93. The fraction of sp³-hybridized carbons (Fsp3) is 0.286. The van der Waals surface area contributed by atoms with E-state index in [0.29, 0.717) is 6.61 Å². The van der Waals surface area contributed by atoms with Gasteiger partial charge in [-0.2, -0.15) is 0 Å². The van der Waals surface area contributed by atoms with Crippen molar-refractivity contribution in [2.75, 3.05) is 27.2 Å². The highest BCUT2D eigenvalue weighted by Crippen LogP contribution is 2.32. The van der Waals surface area contributed by atoms with Crippen LogP contribution in [-0.4, -0.2) is 49.2 Å². The molecule has 1 N–H and O–H groups in total. The van der Waals surface area contributed by atoms with Crippen LogP contribution in [0.25, 0.3) is 0 Å². The Morgan fingerprint density at radius 3 is 1.38 bits per heavy atom. The Hall–Kier alpha value is -3.01. The maximum atomic E-state index is 10.3. The minimum absolute atomic E-state index is 0.185. The van der Waals surface area contributed by atoms with Gasteiger partial charge in [-0.25, -0.2) is 0 Å². The summed E-state index contributed by atoms with van der Waals surface area (Å²) >= 11 is 0. The van der Waals surface area contributed by atoms with Crippen LogP contribution in [0, 0.1) is 0 Å². The molecule has 0 radical (unpaired) electrons. The predicted octanol–water partition coefficient (Wildman–Crippen LogP) is 4.43. The van der Waals surface area contributed by atoms with Crippen molar-refractivity contribution < 1.29 is 19.4 Å². The molecule has 0 saturated carbocycles. The number of unbranched alkanes of at least 4 members (excludes halogenated alkanes) is 1. The van der Waals surface area contributed by atoms with E-state index in [1.165, 1.54) is 22.8 Å². The summed E-state index contributed by atoms with van der Waals surface area (Å²) in [6.07, 6.45) is 2.04. The Kier molecular flexibility index (Phi) is 14.9. The van der Waals surface area contributed by atoms with Gasteiger partial charge >= 0.3 is 5.97 Å². The lowest BCUT2D eigenvalue weighted by Gasteiger charge is -2.18. The minimum Gasteiger partial charge on any atom is -0.481 e. The Morgan fingerprint density at radius 1 is 0.735 bits per heavy atom. The second-order valence-electron chi connectivity index (χ2n) is 7.71. The van der Waals surface area contributed by atoms with Gasteiger partial charge in [0.05, 0.1) is 6.61 Å². The largest absolute Gasteiger partial charge is 0.481 e. The van der Waals surface area contributed by atoms with Crippen LogP contribution in [0.1, 0.15) is 26.7 Å². The Balaban J connectivity index is 0.000000329. The molecule has 0 saturated heterocycles. The number of aliphatic carboxylic acids is 1. The number of carbonyl (C=O) groups excluding carboxylic acids is 1. The molecule has 34 heavy (non-hydrogen) atoms. The summed E-state index contributed by atoms with van der Waals surface area (Å²) in [7, 11) is 3.62. The van der Waals surface area contributed by atoms with Crippen LogP contribution in [0.5, 0.6) is 0 Å². The van der Waals surface area contributed by atoms with Crippen molar-refractivity contribution in [1.29, 1.82) is 0 Å². The van der Waals surface area contributed by atoms with Gasteiger partial charge in [0.15, 0.2) is 0 Å². The number of rotatable bonds is 8. The normalized spacial score (nSPS) is 9.94. The van der Waals surface area contributed by atoms with E-state index in [-0.39, 0.29) is 5.97 Å². The number of nitrogens with zero attached hydrogens (tertiary/aromatic N) is 1. The second kappa shape index (κ2) is 17.5. The average Bonchev–Trinajstić information content (AvgIpc) is 2.81. The molecular weight excluding hydrogens is 445 g/mol. The van der Waals surface area contributed by atoms with Gasteiger partial charge in [-0.1, -0.05) is 91.0 Å². The summed E-state index contributed by atoms with van der Waals surface area (Å²) in [5, 5.41) is 11.6. The molecular formula is C28H36NO4P. The molecule has 0 spiro atoms. The number of hydrogen-bond donors (Lipinski definition) is 1. The number of benzene rings is 3. The Morgan fingerprint density at radius 2 is 1.09 bits per heavy atom. The van der Waals surface area contributed by atoms with Crippen LogP contribution in [0.15, 0.2) is 91.0 Å². The van der Waals surface area contributed by atoms with E-state index in [1.54, 1.807) is 0 Å². The Labute approximate surface area is 205 Å². The van der Waals surface area contributed by atoms with E-state index >= 15 is 0 Å². The van der Waals surface area contributed by atoms with Crippen LogP contribution in [0.2, 0.25) is 0 Å². The third kappa shape index (κ3) is 13.5. The number of ether oxygens (including phenoxy) is 1. The molecule has 0 heterocycles. The fourth-order valence-corrected chi connectivity index (χ4v) is 5.23. The molecule has 6 heteroatoms. The van der Waals surface area contributed by atoms with Crippen molar-refractivity contribution in [3.05, 3.63) is 91.0 Å². The molecule has 0 bridgehead atoms. The summed E-state index contributed by atoms with van der Waals surface area (Å²) in [5.74, 6) is -1.02. The van der Waals surface area contributed by atoms with Crippen LogP contribution in [0.4, 0.5) is 0 Å². The van der Waals surface area contributed by atoms with Gasteiger partial charge in [0, 0.05) is 13.8 Å². The molecule has 0 aliphatic rings. The van der Waals surface area contributed by atoms with Gasteiger partial charge in [0.1, 0.15) is 0 Å². The molecule has 182 valence electrons. The van der Waals surface area contributed by atoms with Crippen molar-refractivity contribution >= 4 is 35.8 Å². The van der Waals surface area contributed by atoms with Gasteiger partial charge in [-0.3, -0.25) is 9.59 Å². The van der Waals surface area contributed by atoms with Gasteiger partial charge in [-0.05, 0) is 57.3 Å². The van der Waals surface area contributed by atoms with Crippen LogP contribution in [0.3, 0.4) is 0 Å². The summed E-state index contributed by atoms with van der Waals surface area (Å²) in [5.41, 5.74) is 0. The maximum Gasteiger partial charge on any atom is 0.302 e. The third-order valence-corrected chi connectivity index (χ3v) is 6.79. The summed E-state index contributed by atoms with van der Waals surface area (Å²) < 4.78 is 4.77. The Bertz CT molecular complexity index is 836. The first-order valence-corrected chi connectivity index (χ1v) is 12.6. The fourth-order valence-electron chi connectivity index (χ4n) is 2.92. The minimum atomic E-state index is -0.833. The van der Waals surface area contributed by atoms with Gasteiger partial charge in [0.25, 0.3) is 5.97 Å². The highest BCUT2D eigenvalue weighted by molar-refractivity contribution is 7.79. The zero-order valence-corrected chi connectivity index (χ0v) is 21.4. The lowest BCUT2D eigenvalue weighted by Crippen LogP contribution is -2.20. The highest BCUT2D eigenvalue weighted by Gasteiger charge is 2.14. The number of carbonyl (C=O) groups is 2. The zero-order chi connectivity index (χ0) is 25.2. The molecule has 3 aromatic rings. The molecule has 0 unspecified atom stereocenters. The molecule has 0 aliphatic carbocycles. The lowest BCUT2D eigenvalue weighted by atomic mass is 10.3. The van der Waals surface area contributed by atoms with Crippen molar-refractivity contribution in [3.63, 3.8) is 0 Å². The summed E-state index contributed by atoms with van der Waals surface area (Å²) in [4.78, 5) is 21.4. The lowest BCUT2D eigenvalue weighted by molar-refractivity contribution is -0.141. The van der Waals surface area contributed by atoms with Gasteiger partial charge in [-0.15, -0.1) is 0 Å². The predicted molar refractivity (Wildman–Crippen MR) is 143 cm³/mol. The first-order valence-electron chi connectivity index (χ1n) is 11.2. The molecule has 0 amide bonds. The molecule has 0 atom stereocenters. The SMILES string of the molecule is CC(=O)O.CC(=O)OCCCCN(C)C.c1ccc(P(c2ccccc2)c2ccccc2)cc1. The maximum absolute atomic E-state index is 10.3. The third-order valence-electron chi connectivity index (χ3n) is 4.35. The van der Waals surface area contributed by atoms with E-state index in [9.17, 15) is 4.79 Å². The standard InChI is InChI=1S/C18H15P.C8H17NO2.C2H4O2/c1-4-10-16(11-5-1)19(17-12-6-2-7-13-17)18-14-8-3-9-15-18;1-8(10)11-7-5-4-6-9(2)3;1-2(3)4/h1-15H;4-7H2,1-3H3;1H3,(H,3,4). The highest BCUT2D eigenvalue weighted by atomic mass is 31.1. The van der Waals surface area contributed by atoms with E-state index in [2.05, 4.69) is 95.9 Å². The zero-order valence-electron chi connectivity index (χ0n) is 20.6. The molecule has 3 rings (SSSR count). The van der Waals surface area contributed by atoms with E-state index in [0.717, 1.165) is 26.3 Å². The number of carboxylic acid groups (broad SMARTS) is 1. The number of hydrogen-bond acceptors (Lipinski definition) is 4. The summed E-state index contributed by atoms with van der Waals surface area (Å²) in [6, 6.07) is 32.3. The summed E-state index contributed by atoms with van der Waals surface area (Å²) in [6.45, 7) is 4.14. The quantitative estimate of drug-likeness (QED) is 0.293. The van der Waals surface area contributed by atoms with Gasteiger partial charge in [0.2, 0.25) is 0 Å². The van der Waals surface area contributed by atoms with Crippen molar-refractivity contribution in [2.24, 2.45) is 0 Å². The first-order chi connectivity index (χ1) is 16.3. The van der Waals surface area contributed by atoms with Crippen molar-refractivity contribution in [3.8, 4) is 0 Å². The molecule has 0 aromatic heterocycles. The van der Waals surface area contributed by atoms with Crippen LogP contribution >= 0.6 is 7.92 Å². The molecule has 5 nitrogen and oxygen atoms in total. The molecule has 3 aromatic carbocycles. The van der Waals surface area contributed by atoms with Crippen molar-refractivity contribution in [1.82, 2.24) is 4.90 Å². The van der Waals surface area contributed by atoms with Crippen LogP contribution < -0.4 is 15.9 Å². The first kappa shape index (κ1) is 29.0. The smallest absolute Gasteiger partial charge is 0.302 e. The number of esters is 1. The van der Waals surface area contributed by atoms with E-state index in [4.69, 9.17) is 14.6 Å².